The highest BCUT2D eigenvalue weighted by atomic mass is 32.1. The molecule has 1 fully saturated rings. The lowest BCUT2D eigenvalue weighted by molar-refractivity contribution is 0.154. The number of nitrogens with zero attached hydrogens (tertiary/aromatic N) is 3. The molecule has 2 heterocycles. The van der Waals surface area contributed by atoms with Crippen LogP contribution in [0.2, 0.25) is 0 Å². The van der Waals surface area contributed by atoms with E-state index < -0.39 is 0 Å². The molecule has 0 unspecified atom stereocenters. The first kappa shape index (κ1) is 30.8. The summed E-state index contributed by atoms with van der Waals surface area (Å²) in [5.74, 6) is 2.01. The SMILES string of the molecule is CC1(C)CCC(C)(C)C12c1ccccc1-c1c2sc(-c2cccc(-c3nc(-c4ccccc4)nc(-c4ccccc4)n3)c2)c1-c1ccccc1. The van der Waals surface area contributed by atoms with Gasteiger partial charge in [-0.2, -0.15) is 0 Å². The lowest BCUT2D eigenvalue weighted by atomic mass is 9.56. The van der Waals surface area contributed by atoms with Crippen molar-refractivity contribution in [1.29, 1.82) is 0 Å². The molecule has 0 bridgehead atoms. The van der Waals surface area contributed by atoms with Crippen molar-refractivity contribution in [1.82, 2.24) is 15.0 Å². The molecule has 2 aliphatic carbocycles. The van der Waals surface area contributed by atoms with E-state index in [1.165, 1.54) is 56.0 Å². The van der Waals surface area contributed by atoms with Crippen LogP contribution in [-0.4, -0.2) is 15.0 Å². The van der Waals surface area contributed by atoms with Gasteiger partial charge in [0.05, 0.1) is 0 Å². The van der Waals surface area contributed by atoms with Crippen molar-refractivity contribution < 1.29 is 0 Å². The molecule has 0 aliphatic heterocycles. The second-order valence-corrected chi connectivity index (χ2v) is 16.1. The molecule has 4 heteroatoms. The molecule has 0 amide bonds. The number of fused-ring (bicyclic) bond motifs is 5. The molecule has 5 aromatic carbocycles. The number of aromatic nitrogens is 3. The summed E-state index contributed by atoms with van der Waals surface area (Å²) in [6.45, 7) is 10.0. The maximum absolute atomic E-state index is 5.07. The fourth-order valence-electron chi connectivity index (χ4n) is 9.18. The third-order valence-corrected chi connectivity index (χ3v) is 12.8. The zero-order valence-electron chi connectivity index (χ0n) is 28.9. The van der Waals surface area contributed by atoms with E-state index in [0.29, 0.717) is 17.5 Å². The van der Waals surface area contributed by atoms with Crippen LogP contribution < -0.4 is 0 Å². The van der Waals surface area contributed by atoms with Gasteiger partial charge in [-0.25, -0.2) is 15.0 Å². The summed E-state index contributed by atoms with van der Waals surface area (Å²) < 4.78 is 0. The maximum atomic E-state index is 5.07. The van der Waals surface area contributed by atoms with E-state index in [9.17, 15) is 0 Å². The van der Waals surface area contributed by atoms with E-state index in [1.54, 1.807) is 0 Å². The van der Waals surface area contributed by atoms with E-state index in [-0.39, 0.29) is 16.2 Å². The second kappa shape index (κ2) is 11.4. The first-order chi connectivity index (χ1) is 24.3. The minimum absolute atomic E-state index is 0.0840. The van der Waals surface area contributed by atoms with E-state index in [0.717, 1.165) is 16.7 Å². The Balaban J connectivity index is 1.29. The van der Waals surface area contributed by atoms with Gasteiger partial charge in [0.15, 0.2) is 17.5 Å². The Morgan fingerprint density at radius 1 is 0.460 bits per heavy atom. The molecule has 0 N–H and O–H groups in total. The van der Waals surface area contributed by atoms with E-state index >= 15 is 0 Å². The fraction of sp³-hybridized carbons (Fsp3) is 0.196. The van der Waals surface area contributed by atoms with Crippen molar-refractivity contribution in [3.63, 3.8) is 0 Å². The summed E-state index contributed by atoms with van der Waals surface area (Å²) in [5, 5.41) is 0. The molecule has 1 saturated carbocycles. The van der Waals surface area contributed by atoms with Gasteiger partial charge in [0.25, 0.3) is 0 Å². The molecule has 0 radical (unpaired) electrons. The summed E-state index contributed by atoms with van der Waals surface area (Å²) in [6.07, 6.45) is 2.40. The highest BCUT2D eigenvalue weighted by Crippen LogP contribution is 2.74. The first-order valence-corrected chi connectivity index (χ1v) is 18.4. The van der Waals surface area contributed by atoms with Crippen LogP contribution in [0.4, 0.5) is 0 Å². The van der Waals surface area contributed by atoms with Gasteiger partial charge >= 0.3 is 0 Å². The van der Waals surface area contributed by atoms with Gasteiger partial charge < -0.3 is 0 Å². The number of rotatable bonds is 5. The van der Waals surface area contributed by atoms with Crippen molar-refractivity contribution in [2.24, 2.45) is 10.8 Å². The third kappa shape index (κ3) is 4.51. The Bertz CT molecular complexity index is 2300. The molecule has 0 saturated heterocycles. The predicted octanol–water partition coefficient (Wildman–Crippen LogP) is 12.4. The van der Waals surface area contributed by atoms with Gasteiger partial charge in [-0.05, 0) is 52.0 Å². The van der Waals surface area contributed by atoms with Crippen LogP contribution in [0.3, 0.4) is 0 Å². The Hall–Kier alpha value is -5.19. The van der Waals surface area contributed by atoms with Crippen molar-refractivity contribution in [2.75, 3.05) is 0 Å². The minimum atomic E-state index is -0.0840. The van der Waals surface area contributed by atoms with Gasteiger partial charge in [-0.1, -0.05) is 161 Å². The van der Waals surface area contributed by atoms with E-state index in [2.05, 4.69) is 131 Å². The van der Waals surface area contributed by atoms with Gasteiger partial charge in [0.2, 0.25) is 0 Å². The molecular formula is C46H39N3S. The van der Waals surface area contributed by atoms with Crippen molar-refractivity contribution >= 4 is 11.3 Å². The number of hydrogen-bond acceptors (Lipinski definition) is 4. The maximum Gasteiger partial charge on any atom is 0.164 e. The van der Waals surface area contributed by atoms with Crippen LogP contribution in [0.25, 0.3) is 66.9 Å². The van der Waals surface area contributed by atoms with Crippen LogP contribution in [0.15, 0.2) is 140 Å². The summed E-state index contributed by atoms with van der Waals surface area (Å²) in [4.78, 5) is 17.9. The monoisotopic (exact) mass is 665 g/mol. The molecule has 1 spiro atoms. The molecule has 9 rings (SSSR count). The molecule has 7 aromatic rings. The van der Waals surface area contributed by atoms with Crippen LogP contribution in [0.1, 0.15) is 51.0 Å². The van der Waals surface area contributed by atoms with Crippen molar-refractivity contribution in [3.05, 3.63) is 150 Å². The van der Waals surface area contributed by atoms with Crippen molar-refractivity contribution in [2.45, 2.75) is 46.0 Å². The largest absolute Gasteiger partial charge is 0.208 e. The summed E-state index contributed by atoms with van der Waals surface area (Å²) in [5.41, 5.74) is 11.1. The highest BCUT2D eigenvalue weighted by Gasteiger charge is 2.65. The lowest BCUT2D eigenvalue weighted by Gasteiger charge is -2.48. The van der Waals surface area contributed by atoms with Gasteiger partial charge in [-0.15, -0.1) is 11.3 Å². The second-order valence-electron chi connectivity index (χ2n) is 15.1. The molecule has 2 aliphatic rings. The number of benzene rings is 5. The average molecular weight is 666 g/mol. The van der Waals surface area contributed by atoms with Gasteiger partial charge in [-0.3, -0.25) is 0 Å². The fourth-order valence-corrected chi connectivity index (χ4v) is 11.1. The average Bonchev–Trinajstić information content (AvgIpc) is 3.75. The molecule has 244 valence electrons. The topological polar surface area (TPSA) is 38.7 Å². The third-order valence-electron chi connectivity index (χ3n) is 11.4. The van der Waals surface area contributed by atoms with Crippen LogP contribution in [0.5, 0.6) is 0 Å². The van der Waals surface area contributed by atoms with Crippen LogP contribution in [-0.2, 0) is 5.41 Å². The normalized spacial score (nSPS) is 16.3. The van der Waals surface area contributed by atoms with Crippen LogP contribution in [0, 0.1) is 10.8 Å². The highest BCUT2D eigenvalue weighted by molar-refractivity contribution is 7.17. The minimum Gasteiger partial charge on any atom is -0.208 e. The van der Waals surface area contributed by atoms with Gasteiger partial charge in [0.1, 0.15) is 0 Å². The summed E-state index contributed by atoms with van der Waals surface area (Å²) in [6, 6.07) is 49.5. The van der Waals surface area contributed by atoms with E-state index in [4.69, 9.17) is 15.0 Å². The Morgan fingerprint density at radius 3 is 1.50 bits per heavy atom. The Morgan fingerprint density at radius 2 is 0.920 bits per heavy atom. The first-order valence-electron chi connectivity index (χ1n) is 17.6. The number of hydrogen-bond donors (Lipinski definition) is 0. The lowest BCUT2D eigenvalue weighted by Crippen LogP contribution is -2.45. The summed E-state index contributed by atoms with van der Waals surface area (Å²) in [7, 11) is 0. The number of thiophene rings is 1. The standard InChI is InChI=1S/C46H39N3S/c1-44(2)27-28-45(3,4)46(44)36-26-15-14-25-35(36)38-37(30-17-8-5-9-18-30)39(50-40(38)46)33-23-16-24-34(29-33)43-48-41(31-19-10-6-11-20-31)47-42(49-43)32-21-12-7-13-22-32/h5-26,29H,27-28H2,1-4H3. The molecule has 50 heavy (non-hydrogen) atoms. The molecule has 0 atom stereocenters. The smallest absolute Gasteiger partial charge is 0.164 e. The Labute approximate surface area is 298 Å². The molecular weight excluding hydrogens is 627 g/mol. The zero-order chi connectivity index (χ0) is 34.1. The van der Waals surface area contributed by atoms with Crippen molar-refractivity contribution in [3.8, 4) is 66.9 Å². The zero-order valence-corrected chi connectivity index (χ0v) is 29.8. The van der Waals surface area contributed by atoms with Gasteiger partial charge in [0, 0.05) is 43.0 Å². The molecule has 3 nitrogen and oxygen atoms in total. The molecule has 2 aromatic heterocycles. The van der Waals surface area contributed by atoms with Crippen LogP contribution >= 0.6 is 11.3 Å². The Kier molecular flexibility index (Phi) is 7.05. The summed E-state index contributed by atoms with van der Waals surface area (Å²) >= 11 is 2.00. The van der Waals surface area contributed by atoms with E-state index in [1.807, 2.05) is 47.7 Å². The predicted molar refractivity (Wildman–Crippen MR) is 208 cm³/mol. The quantitative estimate of drug-likeness (QED) is 0.184.